The number of phenolic OH excluding ortho intramolecular Hbond substituents is 5. The number of carboxylic acids is 4. The van der Waals surface area contributed by atoms with Gasteiger partial charge in [0.05, 0.1) is 111 Å². The molecule has 0 saturated carbocycles. The first-order valence-electron chi connectivity index (χ1n) is 35.8. The number of halogens is 10. The van der Waals surface area contributed by atoms with Gasteiger partial charge < -0.3 is 61.2 Å². The summed E-state index contributed by atoms with van der Waals surface area (Å²) < 4.78 is 104. The van der Waals surface area contributed by atoms with Gasteiger partial charge in [0.15, 0.2) is 11.4 Å². The van der Waals surface area contributed by atoms with Gasteiger partial charge in [0, 0.05) is 34.4 Å². The highest BCUT2D eigenvalue weighted by Crippen LogP contribution is 2.44. The lowest BCUT2D eigenvalue weighted by Gasteiger charge is -2.10. The van der Waals surface area contributed by atoms with Gasteiger partial charge in [0.2, 0.25) is 23.0 Å². The number of anilines is 1. The molecule has 1 heterocycles. The van der Waals surface area contributed by atoms with Gasteiger partial charge in [-0.15, -0.1) is 10.2 Å². The molecule has 0 spiro atoms. The lowest BCUT2D eigenvalue weighted by molar-refractivity contribution is -0.386. The zero-order chi connectivity index (χ0) is 94.6. The van der Waals surface area contributed by atoms with E-state index in [1.165, 1.54) is 133 Å². The fraction of sp³-hybridized carbons (Fsp3) is 0.0706. The number of azo groups is 1. The number of hydrogen-bond donors (Lipinski definition) is 11. The minimum atomic E-state index is -1.20. The third-order valence-corrected chi connectivity index (χ3v) is 19.5. The van der Waals surface area contributed by atoms with E-state index >= 15 is 0 Å². The quantitative estimate of drug-likeness (QED) is 0.0101. The van der Waals surface area contributed by atoms with Crippen LogP contribution in [0.1, 0.15) is 64.7 Å². The first-order chi connectivity index (χ1) is 60.4. The molecule has 0 radical (unpaired) electrons. The maximum absolute atomic E-state index is 14.4. The van der Waals surface area contributed by atoms with Crippen LogP contribution in [-0.2, 0) is 12.8 Å². The number of nitro benzene ring substituents is 4. The van der Waals surface area contributed by atoms with E-state index in [9.17, 15) is 116 Å². The van der Waals surface area contributed by atoms with E-state index < -0.39 is 118 Å². The van der Waals surface area contributed by atoms with E-state index in [0.717, 1.165) is 79.9 Å². The summed E-state index contributed by atoms with van der Waals surface area (Å²) in [4.78, 5) is 96.0. The number of nitrogens with one attached hydrogen (secondary N) is 1. The number of nitrogens with two attached hydrogens (primary N) is 1. The maximum Gasteiger partial charge on any atom is 0.335 e. The van der Waals surface area contributed by atoms with E-state index in [1.54, 1.807) is 19.1 Å². The van der Waals surface area contributed by atoms with Crippen LogP contribution in [0.3, 0.4) is 0 Å². The molecular weight excluding hydrogens is 1900 g/mol. The number of H-pyrrole nitrogens is 1. The molecule has 0 unspecified atom stereocenters. The highest BCUT2D eigenvalue weighted by Gasteiger charge is 2.27. The van der Waals surface area contributed by atoms with E-state index in [-0.39, 0.29) is 111 Å². The number of benzene rings is 12. The van der Waals surface area contributed by atoms with E-state index in [0.29, 0.717) is 44.7 Å². The smallest absolute Gasteiger partial charge is 0.335 e. The first kappa shape index (κ1) is 97.5. The number of carboxylic acid groups (broad SMARTS) is 4. The number of methoxy groups -OCH3 is 2. The molecule has 13 aromatic rings. The lowest BCUT2D eigenvalue weighted by atomic mass is 10.0. The molecule has 0 fully saturated rings. The van der Waals surface area contributed by atoms with Gasteiger partial charge in [-0.3, -0.25) is 50.4 Å². The fourth-order valence-electron chi connectivity index (χ4n) is 11.8. The topological polar surface area (TPSA) is 530 Å². The standard InChI is InChI=1S/C26H21FN4O4.C14H10FNO5.C13H8FNO5.C13H10FNO3.C7H5BrFNO3.C6H3BrFNO3.C6H4BrFO/c1-14-23(25(33)31(30-14)20-9-8-15-4-2-5-16(15)11-20)29-28-22-13-19(27)12-21(24(22)32)17-6-3-7-18(10-17)26(34)35;1-21-13-11(6-10(15)7-12(13)16(19)20)8-3-2-4-9(5-8)14(17)18;14-9-5-10(12(16)11(6-9)15(19)20)7-2-1-3-8(4-7)13(17)18;14-9-5-10(12(16)11(15)6-9)7-2-1-3-8(4-7)13(17)18;1-13-7-5(8)2-4(9)3-6(7)10(11)12;7-4-1-3(8)2-5(6(4)10)9(11)12;7-5-3-4(8)1-2-6(5)9/h3,6-13,30,32H,2,4-5H2,1H3,(H,34,35);2-7H,1H3,(H,17,18);1-6,16H,(H,17,18);1-6,16H,15H2,(H,17,18);2-3H,1H3;1-2,10H;1-3,9H. The summed E-state index contributed by atoms with van der Waals surface area (Å²) in [6, 6.07) is 43.1. The molecule has 0 bridgehead atoms. The van der Waals surface area contributed by atoms with Crippen molar-refractivity contribution >= 4 is 111 Å². The number of fused-ring (bicyclic) bond motifs is 1. The van der Waals surface area contributed by atoms with Crippen LogP contribution >= 0.6 is 47.8 Å². The van der Waals surface area contributed by atoms with Crippen molar-refractivity contribution in [1.29, 1.82) is 0 Å². The molecule has 0 atom stereocenters. The van der Waals surface area contributed by atoms with Crippen LogP contribution in [0.15, 0.2) is 235 Å². The van der Waals surface area contributed by atoms with Crippen LogP contribution < -0.4 is 20.8 Å². The Hall–Kier alpha value is -15.9. The third kappa shape index (κ3) is 25.0. The lowest BCUT2D eigenvalue weighted by Crippen LogP contribution is -2.14. The Labute approximate surface area is 739 Å². The molecule has 43 heteroatoms. The molecule has 12 aromatic carbocycles. The minimum Gasteiger partial charge on any atom is -0.507 e. The summed E-state index contributed by atoms with van der Waals surface area (Å²) in [7, 11) is 2.51. The second-order valence-electron chi connectivity index (χ2n) is 26.1. The summed E-state index contributed by atoms with van der Waals surface area (Å²) in [6.07, 6.45) is 3.10. The molecule has 12 N–H and O–H groups in total. The molecular formula is C85H61Br3F7N9O24. The monoisotopic (exact) mass is 1960 g/mol. The number of aromatic nitrogens is 2. The van der Waals surface area contributed by atoms with Gasteiger partial charge in [0.1, 0.15) is 57.9 Å². The molecule has 1 aliphatic rings. The number of aromatic carboxylic acids is 4. The molecule has 1 aromatic heterocycles. The van der Waals surface area contributed by atoms with Gasteiger partial charge in [-0.25, -0.2) is 54.6 Å². The number of nitrogens with zero attached hydrogens (tertiary/aromatic N) is 7. The van der Waals surface area contributed by atoms with Gasteiger partial charge in [-0.05, 0) is 223 Å². The Morgan fingerprint density at radius 1 is 0.422 bits per heavy atom. The van der Waals surface area contributed by atoms with Crippen LogP contribution in [0.25, 0.3) is 50.2 Å². The van der Waals surface area contributed by atoms with Gasteiger partial charge in [0.25, 0.3) is 5.56 Å². The number of hydrogen-bond acceptors (Lipinski definition) is 23. The highest BCUT2D eigenvalue weighted by atomic mass is 79.9. The number of ether oxygens (including phenoxy) is 2. The number of aromatic hydroxyl groups is 5. The van der Waals surface area contributed by atoms with Crippen LogP contribution in [-0.4, -0.2) is 114 Å². The average Bonchev–Trinajstić information content (AvgIpc) is 1.51. The van der Waals surface area contributed by atoms with Crippen molar-refractivity contribution in [2.45, 2.75) is 26.2 Å². The summed E-state index contributed by atoms with van der Waals surface area (Å²) in [6.45, 7) is 1.67. The summed E-state index contributed by atoms with van der Waals surface area (Å²) >= 11 is 8.68. The fourth-order valence-corrected chi connectivity index (χ4v) is 13.1. The molecule has 0 aliphatic heterocycles. The molecule has 128 heavy (non-hydrogen) atoms. The van der Waals surface area contributed by atoms with Gasteiger partial charge in [-0.1, -0.05) is 54.6 Å². The predicted octanol–water partition coefficient (Wildman–Crippen LogP) is 21.0. The largest absolute Gasteiger partial charge is 0.507 e. The molecule has 1 aliphatic carbocycles. The number of nitrogen functional groups attached to an aromatic ring is 1. The second-order valence-corrected chi connectivity index (χ2v) is 28.7. The van der Waals surface area contributed by atoms with Crippen molar-refractivity contribution in [2.75, 3.05) is 20.0 Å². The van der Waals surface area contributed by atoms with Crippen molar-refractivity contribution in [3.63, 3.8) is 0 Å². The Bertz CT molecular complexity index is 6630. The SMILES string of the molecule is COc1c(-c2cccc(C(=O)O)c2)cc(F)cc1[N+](=O)[O-].COc1c(Br)cc(F)cc1[N+](=O)[O-].Cc1[nH]n(-c2ccc3c(c2)CCC3)c(=O)c1N=Nc1cc(F)cc(-c2cccc(C(=O)O)c2)c1O.Nc1cc(F)cc(-c2cccc(C(=O)O)c2)c1O.O=C(O)c1cccc(-c2cc(F)cc([N+](=O)[O-])c2O)c1.O=[N+]([O-])c1cc(F)cc(Br)c1O.Oc1ccc(F)cc1Br. The van der Waals surface area contributed by atoms with Crippen molar-refractivity contribution < 1.29 is 125 Å². The Morgan fingerprint density at radius 3 is 1.25 bits per heavy atom. The molecule has 660 valence electrons. The van der Waals surface area contributed by atoms with Crippen LogP contribution in [0, 0.1) is 88.1 Å². The van der Waals surface area contributed by atoms with E-state index in [1.807, 2.05) is 18.2 Å². The zero-order valence-corrected chi connectivity index (χ0v) is 70.1. The van der Waals surface area contributed by atoms with Crippen molar-refractivity contribution in [3.8, 4) is 90.4 Å². The molecule has 0 saturated heterocycles. The van der Waals surface area contributed by atoms with Gasteiger partial charge in [-0.2, -0.15) is 0 Å². The zero-order valence-electron chi connectivity index (χ0n) is 65.4. The van der Waals surface area contributed by atoms with Crippen LogP contribution in [0.5, 0.6) is 40.2 Å². The summed E-state index contributed by atoms with van der Waals surface area (Å²) in [5.41, 5.74) is 7.42. The number of phenols is 5. The number of aromatic amines is 1. The number of aryl methyl sites for hydroxylation is 3. The second kappa shape index (κ2) is 43.4. The highest BCUT2D eigenvalue weighted by molar-refractivity contribution is 9.11. The van der Waals surface area contributed by atoms with Crippen molar-refractivity contribution in [2.24, 2.45) is 10.2 Å². The maximum atomic E-state index is 14.4. The number of carbonyl (C=O) groups is 4. The van der Waals surface area contributed by atoms with Crippen LogP contribution in [0.2, 0.25) is 0 Å². The molecule has 14 rings (SSSR count). The van der Waals surface area contributed by atoms with Crippen molar-refractivity contribution in [3.05, 3.63) is 350 Å². The normalized spacial score (nSPS) is 10.8. The van der Waals surface area contributed by atoms with Crippen molar-refractivity contribution in [1.82, 2.24) is 9.78 Å². The Kier molecular flexibility index (Phi) is 33.1. The average molecular weight is 1970 g/mol. The van der Waals surface area contributed by atoms with E-state index in [2.05, 4.69) is 63.1 Å². The summed E-state index contributed by atoms with van der Waals surface area (Å²) in [5, 5.41) is 137. The minimum absolute atomic E-state index is 0.00982. The predicted molar refractivity (Wildman–Crippen MR) is 457 cm³/mol. The number of rotatable bonds is 17. The molecule has 0 amide bonds. The molecule has 33 nitrogen and oxygen atoms in total. The number of nitro groups is 4. The van der Waals surface area contributed by atoms with E-state index in [4.69, 9.17) is 40.7 Å². The van der Waals surface area contributed by atoms with Crippen LogP contribution in [0.4, 0.5) is 70.5 Å². The summed E-state index contributed by atoms with van der Waals surface area (Å²) in [5.74, 6) is -11.4. The van der Waals surface area contributed by atoms with Gasteiger partial charge >= 0.3 is 46.6 Å². The first-order valence-corrected chi connectivity index (χ1v) is 38.1. The third-order valence-electron chi connectivity index (χ3n) is 17.7. The Balaban J connectivity index is 0.000000193. The Morgan fingerprint density at radius 2 is 0.805 bits per heavy atom.